The van der Waals surface area contributed by atoms with E-state index < -0.39 is 5.97 Å². The molecule has 1 N–H and O–H groups in total. The van der Waals surface area contributed by atoms with E-state index in [0.717, 1.165) is 0 Å². The van der Waals surface area contributed by atoms with Crippen LogP contribution in [0.3, 0.4) is 0 Å². The van der Waals surface area contributed by atoms with Crippen molar-refractivity contribution in [1.29, 1.82) is 0 Å². The van der Waals surface area contributed by atoms with Crippen molar-refractivity contribution < 1.29 is 19.4 Å². The molecule has 0 unspecified atom stereocenters. The monoisotopic (exact) mass is 298 g/mol. The summed E-state index contributed by atoms with van der Waals surface area (Å²) < 4.78 is 10.5. The summed E-state index contributed by atoms with van der Waals surface area (Å²) in [6.07, 6.45) is 0. The summed E-state index contributed by atoms with van der Waals surface area (Å²) in [5.41, 5.74) is 0.0110. The molecule has 0 saturated heterocycles. The second kappa shape index (κ2) is 5.74. The number of aromatic nitrogens is 4. The van der Waals surface area contributed by atoms with Crippen molar-refractivity contribution in [3.05, 3.63) is 28.5 Å². The summed E-state index contributed by atoms with van der Waals surface area (Å²) in [5, 5.41) is 20.4. The van der Waals surface area contributed by atoms with Gasteiger partial charge in [0.15, 0.2) is 18.1 Å². The third-order valence-corrected chi connectivity index (χ3v) is 2.65. The standard InChI is InChI=1S/C11H11ClN4O4/c1-16-14-9(13-15-16)5-20-10-7(12)3-6(11(17)18)4-8(10)19-2/h3-4H,5H2,1-2H3,(H,17,18). The number of carboxylic acid groups (broad SMARTS) is 1. The van der Waals surface area contributed by atoms with Crippen LogP contribution >= 0.6 is 11.6 Å². The van der Waals surface area contributed by atoms with Crippen LogP contribution in [0.1, 0.15) is 16.2 Å². The minimum atomic E-state index is -1.10. The highest BCUT2D eigenvalue weighted by Gasteiger charge is 2.16. The summed E-state index contributed by atoms with van der Waals surface area (Å²) in [6, 6.07) is 2.61. The lowest BCUT2D eigenvalue weighted by molar-refractivity contribution is 0.0696. The fourth-order valence-corrected chi connectivity index (χ4v) is 1.77. The molecule has 0 saturated carbocycles. The lowest BCUT2D eigenvalue weighted by atomic mass is 10.2. The SMILES string of the molecule is COc1cc(C(=O)O)cc(Cl)c1OCc1nnn(C)n1. The highest BCUT2D eigenvalue weighted by molar-refractivity contribution is 6.32. The Bertz CT molecular complexity index is 643. The summed E-state index contributed by atoms with van der Waals surface area (Å²) in [7, 11) is 3.02. The number of hydrogen-bond acceptors (Lipinski definition) is 6. The molecule has 0 atom stereocenters. The molecule has 8 nitrogen and oxygen atoms in total. The predicted octanol–water partition coefficient (Wildman–Crippen LogP) is 1.15. The number of halogens is 1. The molecule has 0 spiro atoms. The number of benzene rings is 1. The van der Waals surface area contributed by atoms with Gasteiger partial charge in [0.1, 0.15) is 0 Å². The van der Waals surface area contributed by atoms with Crippen LogP contribution in [-0.2, 0) is 13.7 Å². The number of nitrogens with zero attached hydrogens (tertiary/aromatic N) is 4. The molecule has 1 heterocycles. The Hall–Kier alpha value is -2.35. The van der Waals surface area contributed by atoms with Crippen molar-refractivity contribution in [3.63, 3.8) is 0 Å². The number of methoxy groups -OCH3 is 1. The molecule has 0 aliphatic carbocycles. The highest BCUT2D eigenvalue weighted by atomic mass is 35.5. The molecule has 2 rings (SSSR count). The van der Waals surface area contributed by atoms with Crippen LogP contribution in [0, 0.1) is 0 Å². The molecule has 0 amide bonds. The lowest BCUT2D eigenvalue weighted by Crippen LogP contribution is -2.03. The second-order valence-electron chi connectivity index (χ2n) is 3.78. The van der Waals surface area contributed by atoms with Crippen LogP contribution in [0.2, 0.25) is 5.02 Å². The molecule has 0 radical (unpaired) electrons. The first-order valence-electron chi connectivity index (χ1n) is 5.47. The molecule has 9 heteroatoms. The first-order valence-corrected chi connectivity index (χ1v) is 5.85. The molecular weight excluding hydrogens is 288 g/mol. The van der Waals surface area contributed by atoms with E-state index in [9.17, 15) is 4.79 Å². The largest absolute Gasteiger partial charge is 0.493 e. The lowest BCUT2D eigenvalue weighted by Gasteiger charge is -2.11. The van der Waals surface area contributed by atoms with E-state index >= 15 is 0 Å². The Balaban J connectivity index is 2.24. The van der Waals surface area contributed by atoms with Gasteiger partial charge in [0.25, 0.3) is 0 Å². The van der Waals surface area contributed by atoms with Gasteiger partial charge in [-0.25, -0.2) is 4.79 Å². The third-order valence-electron chi connectivity index (χ3n) is 2.37. The normalized spacial score (nSPS) is 10.3. The minimum absolute atomic E-state index is 0.0110. The summed E-state index contributed by atoms with van der Waals surface area (Å²) in [4.78, 5) is 12.2. The van der Waals surface area contributed by atoms with Crippen molar-refractivity contribution in [2.75, 3.05) is 7.11 Å². The van der Waals surface area contributed by atoms with E-state index in [2.05, 4.69) is 15.4 Å². The van der Waals surface area contributed by atoms with Crippen molar-refractivity contribution in [2.45, 2.75) is 6.61 Å². The zero-order chi connectivity index (χ0) is 14.7. The van der Waals surface area contributed by atoms with Gasteiger partial charge < -0.3 is 14.6 Å². The smallest absolute Gasteiger partial charge is 0.335 e. The number of carbonyl (C=O) groups is 1. The van der Waals surface area contributed by atoms with Gasteiger partial charge in [0.05, 0.1) is 24.7 Å². The molecule has 0 aliphatic heterocycles. The number of rotatable bonds is 5. The van der Waals surface area contributed by atoms with Crippen LogP contribution in [-0.4, -0.2) is 38.4 Å². The first-order chi connectivity index (χ1) is 9.51. The molecule has 1 aromatic heterocycles. The summed E-state index contributed by atoms with van der Waals surface area (Å²) >= 11 is 6.00. The Labute approximate surface area is 118 Å². The van der Waals surface area contributed by atoms with Crippen molar-refractivity contribution >= 4 is 17.6 Å². The highest BCUT2D eigenvalue weighted by Crippen LogP contribution is 2.36. The summed E-state index contributed by atoms with van der Waals surface area (Å²) in [5.74, 6) is -0.286. The molecule has 0 fully saturated rings. The molecular formula is C11H11ClN4O4. The second-order valence-corrected chi connectivity index (χ2v) is 4.19. The average molecular weight is 299 g/mol. The van der Waals surface area contributed by atoms with E-state index in [4.69, 9.17) is 26.2 Å². The fourth-order valence-electron chi connectivity index (χ4n) is 1.50. The van der Waals surface area contributed by atoms with Crippen LogP contribution in [0.4, 0.5) is 0 Å². The molecule has 0 aliphatic rings. The van der Waals surface area contributed by atoms with Gasteiger partial charge in [-0.15, -0.1) is 10.2 Å². The zero-order valence-electron chi connectivity index (χ0n) is 10.7. The van der Waals surface area contributed by atoms with E-state index in [1.807, 2.05) is 0 Å². The maximum Gasteiger partial charge on any atom is 0.335 e. The number of aryl methyl sites for hydroxylation is 1. The predicted molar refractivity (Wildman–Crippen MR) is 68.1 cm³/mol. The number of aromatic carboxylic acids is 1. The van der Waals surface area contributed by atoms with Crippen molar-refractivity contribution in [3.8, 4) is 11.5 Å². The van der Waals surface area contributed by atoms with Gasteiger partial charge in [-0.2, -0.15) is 4.80 Å². The van der Waals surface area contributed by atoms with Crippen LogP contribution in [0.25, 0.3) is 0 Å². The Morgan fingerprint density at radius 2 is 2.25 bits per heavy atom. The van der Waals surface area contributed by atoms with Gasteiger partial charge in [-0.1, -0.05) is 11.6 Å². The minimum Gasteiger partial charge on any atom is -0.493 e. The van der Waals surface area contributed by atoms with Crippen molar-refractivity contribution in [1.82, 2.24) is 20.2 Å². The third kappa shape index (κ3) is 2.97. The maximum absolute atomic E-state index is 10.9. The summed E-state index contributed by atoms with van der Waals surface area (Å²) in [6.45, 7) is 0.0380. The maximum atomic E-state index is 10.9. The number of ether oxygens (including phenoxy) is 2. The zero-order valence-corrected chi connectivity index (χ0v) is 11.5. The number of carboxylic acids is 1. The van der Waals surface area contributed by atoms with E-state index in [1.165, 1.54) is 24.0 Å². The Kier molecular flexibility index (Phi) is 4.04. The van der Waals surface area contributed by atoms with Gasteiger partial charge in [0, 0.05) is 0 Å². The Morgan fingerprint density at radius 1 is 1.50 bits per heavy atom. The van der Waals surface area contributed by atoms with Crippen LogP contribution in [0.5, 0.6) is 11.5 Å². The average Bonchev–Trinajstić information content (AvgIpc) is 2.82. The van der Waals surface area contributed by atoms with Gasteiger partial charge >= 0.3 is 5.97 Å². The quantitative estimate of drug-likeness (QED) is 0.883. The van der Waals surface area contributed by atoms with Gasteiger partial charge in [-0.05, 0) is 17.3 Å². The number of tetrazole rings is 1. The molecule has 1 aromatic carbocycles. The molecule has 0 bridgehead atoms. The van der Waals surface area contributed by atoms with E-state index in [0.29, 0.717) is 5.82 Å². The van der Waals surface area contributed by atoms with Crippen LogP contribution in [0.15, 0.2) is 12.1 Å². The molecule has 20 heavy (non-hydrogen) atoms. The van der Waals surface area contributed by atoms with E-state index in [1.54, 1.807) is 7.05 Å². The van der Waals surface area contributed by atoms with Crippen molar-refractivity contribution in [2.24, 2.45) is 7.05 Å². The van der Waals surface area contributed by atoms with Gasteiger partial charge in [0.2, 0.25) is 5.82 Å². The number of hydrogen-bond donors (Lipinski definition) is 1. The topological polar surface area (TPSA) is 99.4 Å². The van der Waals surface area contributed by atoms with Crippen LogP contribution < -0.4 is 9.47 Å². The molecule has 106 valence electrons. The van der Waals surface area contributed by atoms with E-state index in [-0.39, 0.29) is 28.7 Å². The molecule has 2 aromatic rings. The Morgan fingerprint density at radius 3 is 2.80 bits per heavy atom. The first kappa shape index (κ1) is 14.1. The van der Waals surface area contributed by atoms with Gasteiger partial charge in [-0.3, -0.25) is 0 Å². The fraction of sp³-hybridized carbons (Fsp3) is 0.273.